The number of halogens is 2. The van der Waals surface area contributed by atoms with Crippen LogP contribution in [0.4, 0.5) is 8.78 Å². The van der Waals surface area contributed by atoms with Gasteiger partial charge in [0.15, 0.2) is 5.92 Å². The maximum Gasteiger partial charge on any atom is 0.326 e. The standard InChI is InChI=1S/C18H23F2NO4/c1-4-24-17(22)14(18(23)25-5-2)15(21)13(16(19)20)10-12-8-6-11(3)7-9-12/h6-9,14,16H,4-5,10,21H2,1-3H3/b15-13-. The van der Waals surface area contributed by atoms with E-state index in [0.717, 1.165) is 5.56 Å². The highest BCUT2D eigenvalue weighted by molar-refractivity contribution is 5.98. The molecule has 138 valence electrons. The summed E-state index contributed by atoms with van der Waals surface area (Å²) in [6.45, 7) is 4.94. The summed E-state index contributed by atoms with van der Waals surface area (Å²) in [6.07, 6.45) is -3.10. The molecule has 0 aromatic heterocycles. The zero-order valence-corrected chi connectivity index (χ0v) is 14.6. The van der Waals surface area contributed by atoms with Crippen molar-refractivity contribution >= 4 is 11.9 Å². The Bertz CT molecular complexity index is 608. The second-order valence-corrected chi connectivity index (χ2v) is 5.38. The molecule has 0 amide bonds. The van der Waals surface area contributed by atoms with E-state index in [1.165, 1.54) is 0 Å². The van der Waals surface area contributed by atoms with Crippen LogP contribution in [0.5, 0.6) is 0 Å². The molecule has 0 saturated heterocycles. The third-order valence-corrected chi connectivity index (χ3v) is 3.50. The molecule has 0 atom stereocenters. The van der Waals surface area contributed by atoms with Crippen LogP contribution >= 0.6 is 0 Å². The summed E-state index contributed by atoms with van der Waals surface area (Å²) in [7, 11) is 0. The Hall–Kier alpha value is -2.44. The first-order valence-corrected chi connectivity index (χ1v) is 7.97. The summed E-state index contributed by atoms with van der Waals surface area (Å²) < 4.78 is 36.6. The summed E-state index contributed by atoms with van der Waals surface area (Å²) in [4.78, 5) is 24.1. The van der Waals surface area contributed by atoms with E-state index in [1.54, 1.807) is 38.1 Å². The Kier molecular flexibility index (Phi) is 8.04. The number of hydrogen-bond donors (Lipinski definition) is 1. The van der Waals surface area contributed by atoms with Gasteiger partial charge in [0.2, 0.25) is 0 Å². The van der Waals surface area contributed by atoms with Gasteiger partial charge < -0.3 is 15.2 Å². The lowest BCUT2D eigenvalue weighted by Crippen LogP contribution is -2.34. The molecular weight excluding hydrogens is 332 g/mol. The van der Waals surface area contributed by atoms with Gasteiger partial charge in [-0.25, -0.2) is 8.78 Å². The molecule has 0 aliphatic heterocycles. The number of benzene rings is 1. The number of aryl methyl sites for hydroxylation is 1. The first kappa shape index (κ1) is 20.6. The fourth-order valence-electron chi connectivity index (χ4n) is 2.22. The molecule has 2 N–H and O–H groups in total. The summed E-state index contributed by atoms with van der Waals surface area (Å²) >= 11 is 0. The minimum atomic E-state index is -2.92. The predicted octanol–water partition coefficient (Wildman–Crippen LogP) is 2.76. The van der Waals surface area contributed by atoms with Crippen molar-refractivity contribution in [3.05, 3.63) is 46.7 Å². The highest BCUT2D eigenvalue weighted by Gasteiger charge is 2.35. The smallest absolute Gasteiger partial charge is 0.326 e. The van der Waals surface area contributed by atoms with Crippen LogP contribution in [0.2, 0.25) is 0 Å². The Balaban J connectivity index is 3.25. The van der Waals surface area contributed by atoms with Crippen LogP contribution in [-0.2, 0) is 25.5 Å². The molecule has 25 heavy (non-hydrogen) atoms. The Labute approximate surface area is 145 Å². The van der Waals surface area contributed by atoms with Crippen molar-refractivity contribution in [3.63, 3.8) is 0 Å². The van der Waals surface area contributed by atoms with Gasteiger partial charge in [0.1, 0.15) is 0 Å². The van der Waals surface area contributed by atoms with E-state index in [0.29, 0.717) is 5.56 Å². The molecule has 0 bridgehead atoms. The van der Waals surface area contributed by atoms with Gasteiger partial charge in [-0.05, 0) is 26.3 Å². The van der Waals surface area contributed by atoms with Crippen molar-refractivity contribution in [2.45, 2.75) is 33.6 Å². The fraction of sp³-hybridized carbons (Fsp3) is 0.444. The average molecular weight is 355 g/mol. The molecular formula is C18H23F2NO4. The summed E-state index contributed by atoms with van der Waals surface area (Å²) in [5.41, 5.74) is 6.36. The maximum atomic E-state index is 13.5. The summed E-state index contributed by atoms with van der Waals surface area (Å²) in [5.74, 6) is -3.70. The number of ether oxygens (including phenoxy) is 2. The van der Waals surface area contributed by atoms with E-state index in [1.807, 2.05) is 6.92 Å². The lowest BCUT2D eigenvalue weighted by molar-refractivity contribution is -0.159. The molecule has 0 radical (unpaired) electrons. The SMILES string of the molecule is CCOC(=O)C(C(=O)OCC)/C(N)=C(\Cc1ccc(C)cc1)C(F)F. The second kappa shape index (κ2) is 9.76. The van der Waals surface area contributed by atoms with E-state index in [9.17, 15) is 18.4 Å². The van der Waals surface area contributed by atoms with Gasteiger partial charge >= 0.3 is 11.9 Å². The first-order valence-electron chi connectivity index (χ1n) is 7.97. The number of carbonyl (C=O) groups is 2. The molecule has 7 heteroatoms. The van der Waals surface area contributed by atoms with E-state index in [-0.39, 0.29) is 19.6 Å². The monoisotopic (exact) mass is 355 g/mol. The minimum absolute atomic E-state index is 0.00993. The second-order valence-electron chi connectivity index (χ2n) is 5.38. The van der Waals surface area contributed by atoms with Gasteiger partial charge in [-0.15, -0.1) is 0 Å². The van der Waals surface area contributed by atoms with Gasteiger partial charge in [0.25, 0.3) is 6.43 Å². The number of carbonyl (C=O) groups excluding carboxylic acids is 2. The van der Waals surface area contributed by atoms with Crippen LogP contribution in [-0.4, -0.2) is 31.6 Å². The number of nitrogens with two attached hydrogens (primary N) is 1. The van der Waals surface area contributed by atoms with Crippen LogP contribution in [0.25, 0.3) is 0 Å². The first-order chi connectivity index (χ1) is 11.8. The minimum Gasteiger partial charge on any atom is -0.465 e. The molecule has 0 aliphatic carbocycles. The van der Waals surface area contributed by atoms with E-state index in [4.69, 9.17) is 15.2 Å². The van der Waals surface area contributed by atoms with Crippen LogP contribution in [0.15, 0.2) is 35.5 Å². The van der Waals surface area contributed by atoms with Crippen molar-refractivity contribution in [3.8, 4) is 0 Å². The van der Waals surface area contributed by atoms with Crippen molar-refractivity contribution in [2.75, 3.05) is 13.2 Å². The Morgan fingerprint density at radius 1 is 1.04 bits per heavy atom. The number of esters is 2. The molecule has 0 fully saturated rings. The molecule has 0 saturated carbocycles. The summed E-state index contributed by atoms with van der Waals surface area (Å²) in [5, 5.41) is 0. The topological polar surface area (TPSA) is 78.6 Å². The van der Waals surface area contributed by atoms with Crippen LogP contribution < -0.4 is 5.73 Å². The third-order valence-electron chi connectivity index (χ3n) is 3.50. The number of alkyl halides is 2. The molecule has 1 aromatic carbocycles. The summed E-state index contributed by atoms with van der Waals surface area (Å²) in [6, 6.07) is 6.94. The predicted molar refractivity (Wildman–Crippen MR) is 88.9 cm³/mol. The molecule has 1 aromatic rings. The van der Waals surface area contributed by atoms with Crippen LogP contribution in [0.1, 0.15) is 25.0 Å². The number of hydrogen-bond acceptors (Lipinski definition) is 5. The van der Waals surface area contributed by atoms with Gasteiger partial charge in [-0.2, -0.15) is 0 Å². The Morgan fingerprint density at radius 3 is 1.92 bits per heavy atom. The fourth-order valence-corrected chi connectivity index (χ4v) is 2.22. The maximum absolute atomic E-state index is 13.5. The van der Waals surface area contributed by atoms with Gasteiger partial charge in [0, 0.05) is 17.7 Å². The zero-order valence-electron chi connectivity index (χ0n) is 14.6. The van der Waals surface area contributed by atoms with Crippen molar-refractivity contribution in [2.24, 2.45) is 11.7 Å². The molecule has 0 unspecified atom stereocenters. The number of allylic oxidation sites excluding steroid dienone is 1. The van der Waals surface area contributed by atoms with Crippen molar-refractivity contribution < 1.29 is 27.8 Å². The quantitative estimate of drug-likeness (QED) is 0.573. The lowest BCUT2D eigenvalue weighted by Gasteiger charge is -2.19. The highest BCUT2D eigenvalue weighted by Crippen LogP contribution is 2.23. The third kappa shape index (κ3) is 5.85. The van der Waals surface area contributed by atoms with Gasteiger partial charge in [-0.3, -0.25) is 9.59 Å². The molecule has 0 spiro atoms. The van der Waals surface area contributed by atoms with Crippen LogP contribution in [0.3, 0.4) is 0 Å². The Morgan fingerprint density at radius 2 is 1.52 bits per heavy atom. The molecule has 0 aliphatic rings. The normalized spacial score (nSPS) is 12.1. The van der Waals surface area contributed by atoms with Gasteiger partial charge in [0.05, 0.1) is 13.2 Å². The largest absolute Gasteiger partial charge is 0.465 e. The zero-order chi connectivity index (χ0) is 19.0. The molecule has 0 heterocycles. The van der Waals surface area contributed by atoms with Crippen LogP contribution in [0, 0.1) is 12.8 Å². The van der Waals surface area contributed by atoms with Crippen molar-refractivity contribution in [1.29, 1.82) is 0 Å². The van der Waals surface area contributed by atoms with Gasteiger partial charge in [-0.1, -0.05) is 29.8 Å². The van der Waals surface area contributed by atoms with E-state index in [2.05, 4.69) is 0 Å². The van der Waals surface area contributed by atoms with E-state index >= 15 is 0 Å². The van der Waals surface area contributed by atoms with Crippen molar-refractivity contribution in [1.82, 2.24) is 0 Å². The number of rotatable bonds is 8. The highest BCUT2D eigenvalue weighted by atomic mass is 19.3. The molecule has 5 nitrogen and oxygen atoms in total. The lowest BCUT2D eigenvalue weighted by atomic mass is 9.96. The molecule has 1 rings (SSSR count). The van der Waals surface area contributed by atoms with E-state index < -0.39 is 35.6 Å². The average Bonchev–Trinajstić information content (AvgIpc) is 2.54.